The van der Waals surface area contributed by atoms with Gasteiger partial charge < -0.3 is 5.11 Å². The Morgan fingerprint density at radius 1 is 1.31 bits per heavy atom. The smallest absolute Gasteiger partial charge is 0.181 e. The maximum absolute atomic E-state index is 11.5. The first-order chi connectivity index (χ1) is 6.08. The molecule has 0 radical (unpaired) electrons. The molecule has 0 fully saturated rings. The van der Waals surface area contributed by atoms with Gasteiger partial charge in [0, 0.05) is 4.47 Å². The largest absolute Gasteiger partial charge is 0.395 e. The van der Waals surface area contributed by atoms with E-state index in [0.717, 1.165) is 0 Å². The van der Waals surface area contributed by atoms with E-state index in [4.69, 9.17) is 5.11 Å². The van der Waals surface area contributed by atoms with Gasteiger partial charge in [-0.25, -0.2) is 8.42 Å². The summed E-state index contributed by atoms with van der Waals surface area (Å²) < 4.78 is 23.5. The van der Waals surface area contributed by atoms with E-state index < -0.39 is 9.84 Å². The van der Waals surface area contributed by atoms with E-state index in [9.17, 15) is 8.42 Å². The molecule has 0 heterocycles. The van der Waals surface area contributed by atoms with Crippen LogP contribution < -0.4 is 0 Å². The normalized spacial score (nSPS) is 11.5. The fraction of sp³-hybridized carbons (Fsp3) is 0.250. The molecule has 0 aliphatic carbocycles. The molecule has 1 aromatic rings. The van der Waals surface area contributed by atoms with Crippen LogP contribution in [0, 0.1) is 0 Å². The zero-order valence-electron chi connectivity index (χ0n) is 6.77. The molecule has 0 saturated heterocycles. The third-order valence-electron chi connectivity index (χ3n) is 1.53. The molecule has 5 heteroatoms. The second-order valence-electron chi connectivity index (χ2n) is 2.47. The topological polar surface area (TPSA) is 54.4 Å². The highest BCUT2D eigenvalue weighted by Gasteiger charge is 2.15. The van der Waals surface area contributed by atoms with E-state index in [1.807, 2.05) is 0 Å². The van der Waals surface area contributed by atoms with Gasteiger partial charge in [0.2, 0.25) is 0 Å². The molecule has 0 aliphatic rings. The molecule has 3 nitrogen and oxygen atoms in total. The summed E-state index contributed by atoms with van der Waals surface area (Å²) in [7, 11) is -3.34. The van der Waals surface area contributed by atoms with Crippen LogP contribution in [0.5, 0.6) is 0 Å². The van der Waals surface area contributed by atoms with Gasteiger partial charge in [0.1, 0.15) is 0 Å². The van der Waals surface area contributed by atoms with E-state index in [1.165, 1.54) is 6.07 Å². The molecule has 1 rings (SSSR count). The van der Waals surface area contributed by atoms with Crippen molar-refractivity contribution in [3.05, 3.63) is 28.7 Å². The lowest BCUT2D eigenvalue weighted by molar-refractivity contribution is 0.319. The number of aliphatic hydroxyl groups is 1. The summed E-state index contributed by atoms with van der Waals surface area (Å²) in [5.41, 5.74) is 0. The van der Waals surface area contributed by atoms with Crippen molar-refractivity contribution in [3.8, 4) is 0 Å². The molecule has 0 unspecified atom stereocenters. The Labute approximate surface area is 85.4 Å². The summed E-state index contributed by atoms with van der Waals surface area (Å²) in [6, 6.07) is 6.55. The van der Waals surface area contributed by atoms with Crippen molar-refractivity contribution in [3.63, 3.8) is 0 Å². The van der Waals surface area contributed by atoms with Crippen LogP contribution in [0.15, 0.2) is 33.6 Å². The molecule has 0 saturated carbocycles. The Morgan fingerprint density at radius 2 is 1.92 bits per heavy atom. The molecule has 0 bridgehead atoms. The predicted molar refractivity (Wildman–Crippen MR) is 53.3 cm³/mol. The average molecular weight is 265 g/mol. The van der Waals surface area contributed by atoms with Crippen molar-refractivity contribution in [2.45, 2.75) is 4.90 Å². The summed E-state index contributed by atoms with van der Waals surface area (Å²) in [5.74, 6) is -0.240. The number of halogens is 1. The predicted octanol–water partition coefficient (Wildman–Crippen LogP) is 1.22. The van der Waals surface area contributed by atoms with E-state index in [-0.39, 0.29) is 17.3 Å². The maximum atomic E-state index is 11.5. The van der Waals surface area contributed by atoms with Gasteiger partial charge in [0.15, 0.2) is 9.84 Å². The van der Waals surface area contributed by atoms with Crippen LogP contribution in [-0.4, -0.2) is 25.9 Å². The molecule has 0 amide bonds. The summed E-state index contributed by atoms with van der Waals surface area (Å²) in [6.07, 6.45) is 0. The second-order valence-corrected chi connectivity index (χ2v) is 5.40. The fourth-order valence-corrected chi connectivity index (χ4v) is 3.06. The Bertz CT molecular complexity index is 386. The van der Waals surface area contributed by atoms with Crippen molar-refractivity contribution in [2.75, 3.05) is 12.4 Å². The van der Waals surface area contributed by atoms with E-state index in [0.29, 0.717) is 4.47 Å². The van der Waals surface area contributed by atoms with Gasteiger partial charge in [-0.3, -0.25) is 0 Å². The van der Waals surface area contributed by atoms with Gasteiger partial charge in [-0.2, -0.15) is 0 Å². The van der Waals surface area contributed by atoms with Crippen molar-refractivity contribution < 1.29 is 13.5 Å². The van der Waals surface area contributed by atoms with Crippen LogP contribution in [0.2, 0.25) is 0 Å². The Balaban J connectivity index is 3.15. The molecule has 1 aromatic carbocycles. The molecule has 0 aliphatic heterocycles. The number of hydrogen-bond donors (Lipinski definition) is 1. The van der Waals surface area contributed by atoms with Crippen molar-refractivity contribution in [1.29, 1.82) is 0 Å². The van der Waals surface area contributed by atoms with Crippen LogP contribution >= 0.6 is 15.9 Å². The third kappa shape index (κ3) is 2.52. The molecular formula is C8H9BrO3S. The average Bonchev–Trinajstić information content (AvgIpc) is 2.04. The first-order valence-corrected chi connectivity index (χ1v) is 6.10. The highest BCUT2D eigenvalue weighted by atomic mass is 79.9. The molecule has 72 valence electrons. The Morgan fingerprint density at radius 3 is 2.46 bits per heavy atom. The Kier molecular flexibility index (Phi) is 3.47. The van der Waals surface area contributed by atoms with Gasteiger partial charge in [-0.1, -0.05) is 12.1 Å². The number of benzene rings is 1. The Hall–Kier alpha value is -0.390. The highest BCUT2D eigenvalue weighted by Crippen LogP contribution is 2.21. The lowest BCUT2D eigenvalue weighted by atomic mass is 10.4. The second kappa shape index (κ2) is 4.21. The molecule has 13 heavy (non-hydrogen) atoms. The number of hydrogen-bond acceptors (Lipinski definition) is 3. The molecule has 0 aromatic heterocycles. The van der Waals surface area contributed by atoms with Crippen LogP contribution in [0.3, 0.4) is 0 Å². The third-order valence-corrected chi connectivity index (χ3v) is 4.23. The number of sulfone groups is 1. The van der Waals surface area contributed by atoms with E-state index in [1.54, 1.807) is 18.2 Å². The number of rotatable bonds is 3. The van der Waals surface area contributed by atoms with Gasteiger partial charge in [0.25, 0.3) is 0 Å². The monoisotopic (exact) mass is 264 g/mol. The van der Waals surface area contributed by atoms with Crippen molar-refractivity contribution in [1.82, 2.24) is 0 Å². The molecule has 0 spiro atoms. The van der Waals surface area contributed by atoms with Gasteiger partial charge in [-0.05, 0) is 28.1 Å². The quantitative estimate of drug-likeness (QED) is 0.893. The van der Waals surface area contributed by atoms with Gasteiger partial charge in [-0.15, -0.1) is 0 Å². The minimum atomic E-state index is -3.34. The van der Waals surface area contributed by atoms with Crippen molar-refractivity contribution >= 4 is 25.8 Å². The van der Waals surface area contributed by atoms with Crippen LogP contribution in [-0.2, 0) is 9.84 Å². The van der Waals surface area contributed by atoms with E-state index >= 15 is 0 Å². The molecule has 1 N–H and O–H groups in total. The first kappa shape index (κ1) is 10.7. The first-order valence-electron chi connectivity index (χ1n) is 3.66. The van der Waals surface area contributed by atoms with Crippen molar-refractivity contribution in [2.24, 2.45) is 0 Å². The molecular weight excluding hydrogens is 256 g/mol. The SMILES string of the molecule is O=S(=O)(CCO)c1ccccc1Br. The fourth-order valence-electron chi connectivity index (χ4n) is 0.927. The van der Waals surface area contributed by atoms with Crippen LogP contribution in [0.1, 0.15) is 0 Å². The highest BCUT2D eigenvalue weighted by molar-refractivity contribution is 9.10. The lowest BCUT2D eigenvalue weighted by Crippen LogP contribution is -2.10. The zero-order valence-corrected chi connectivity index (χ0v) is 9.18. The van der Waals surface area contributed by atoms with Gasteiger partial charge in [0.05, 0.1) is 17.3 Å². The summed E-state index contributed by atoms with van der Waals surface area (Å²) >= 11 is 3.14. The van der Waals surface area contributed by atoms with Gasteiger partial charge >= 0.3 is 0 Å². The lowest BCUT2D eigenvalue weighted by Gasteiger charge is -2.03. The minimum absolute atomic E-state index is 0.226. The maximum Gasteiger partial charge on any atom is 0.181 e. The summed E-state index contributed by atoms with van der Waals surface area (Å²) in [5, 5.41) is 8.56. The standard InChI is InChI=1S/C8H9BrO3S/c9-7-3-1-2-4-8(7)13(11,12)6-5-10/h1-4,10H,5-6H2. The van der Waals surface area contributed by atoms with Crippen LogP contribution in [0.25, 0.3) is 0 Å². The molecule has 0 atom stereocenters. The van der Waals surface area contributed by atoms with E-state index in [2.05, 4.69) is 15.9 Å². The van der Waals surface area contributed by atoms with Crippen LogP contribution in [0.4, 0.5) is 0 Å². The number of aliphatic hydroxyl groups excluding tert-OH is 1. The summed E-state index contributed by atoms with van der Waals surface area (Å²) in [6.45, 7) is -0.357. The minimum Gasteiger partial charge on any atom is -0.395 e. The summed E-state index contributed by atoms with van der Waals surface area (Å²) in [4.78, 5) is 0.226. The zero-order chi connectivity index (χ0) is 9.90.